The van der Waals surface area contributed by atoms with Crippen LogP contribution in [0, 0.1) is 0 Å². The van der Waals surface area contributed by atoms with Gasteiger partial charge in [0.05, 0.1) is 6.21 Å². The molecule has 0 radical (unpaired) electrons. The summed E-state index contributed by atoms with van der Waals surface area (Å²) >= 11 is 4.70. The highest BCUT2D eigenvalue weighted by atomic mass is 79.9. The Balaban J connectivity index is 2.07. The number of aromatic amines is 1. The van der Waals surface area contributed by atoms with Crippen molar-refractivity contribution >= 4 is 39.8 Å². The second-order valence-electron chi connectivity index (χ2n) is 4.12. The highest BCUT2D eigenvalue weighted by Crippen LogP contribution is 2.10. The van der Waals surface area contributed by atoms with Crippen molar-refractivity contribution in [3.63, 3.8) is 0 Å². The van der Waals surface area contributed by atoms with Crippen molar-refractivity contribution in [3.05, 3.63) is 56.4 Å². The Morgan fingerprint density at radius 3 is 3.05 bits per heavy atom. The molecule has 1 heterocycles. The number of carbonyl (C=O) groups is 1. The molecule has 0 bridgehead atoms. The molecule has 22 heavy (non-hydrogen) atoms. The molecule has 0 spiro atoms. The molecule has 0 aliphatic carbocycles. The molecule has 0 atom stereocenters. The summed E-state index contributed by atoms with van der Waals surface area (Å²) in [4.78, 5) is 30.1. The van der Waals surface area contributed by atoms with Crippen molar-refractivity contribution in [1.82, 2.24) is 15.4 Å². The monoisotopic (exact) mass is 380 g/mol. The Hall–Kier alpha value is -1.93. The summed E-state index contributed by atoms with van der Waals surface area (Å²) in [6.45, 7) is 1.93. The molecule has 1 aromatic carbocycles. The molecule has 2 aromatic rings. The quantitative estimate of drug-likeness (QED) is 0.360. The summed E-state index contributed by atoms with van der Waals surface area (Å²) in [5.41, 5.74) is 2.85. The smallest absolute Gasteiger partial charge is 0.290 e. The molecule has 1 amide bonds. The summed E-state index contributed by atoms with van der Waals surface area (Å²) in [5.74, 6) is 0.213. The molecular weight excluding hydrogens is 368 g/mol. The van der Waals surface area contributed by atoms with Crippen LogP contribution < -0.4 is 11.0 Å². The Labute approximate surface area is 139 Å². The Morgan fingerprint density at radius 1 is 1.50 bits per heavy atom. The van der Waals surface area contributed by atoms with Gasteiger partial charge in [-0.3, -0.25) is 9.59 Å². The maximum absolute atomic E-state index is 12.0. The third kappa shape index (κ3) is 4.81. The van der Waals surface area contributed by atoms with Crippen molar-refractivity contribution in [3.8, 4) is 0 Å². The minimum atomic E-state index is -0.532. The maximum atomic E-state index is 12.0. The van der Waals surface area contributed by atoms with Crippen LogP contribution in [-0.4, -0.2) is 27.8 Å². The average Bonchev–Trinajstić information content (AvgIpc) is 2.47. The first kappa shape index (κ1) is 16.4. The standard InChI is InChI=1S/C14H13BrN4O2S/c1-2-22-14-17-11(7-12(20)18-14)13(21)19-16-8-9-4-3-5-10(15)6-9/h3-8H,2H2,1H3,(H,19,21)(H,17,18,20)/b16-8+. The molecule has 2 N–H and O–H groups in total. The number of nitrogens with one attached hydrogen (secondary N) is 2. The molecule has 0 aliphatic heterocycles. The van der Waals surface area contributed by atoms with Gasteiger partial charge in [0.2, 0.25) is 0 Å². The van der Waals surface area contributed by atoms with Crippen molar-refractivity contribution in [2.75, 3.05) is 5.75 Å². The molecule has 0 unspecified atom stereocenters. The van der Waals surface area contributed by atoms with Gasteiger partial charge in [0.1, 0.15) is 5.69 Å². The SMILES string of the molecule is CCSc1nc(C(=O)N/N=C/c2cccc(Br)c2)cc(=O)[nH]1. The molecule has 2 rings (SSSR count). The number of nitrogens with zero attached hydrogens (tertiary/aromatic N) is 2. The summed E-state index contributed by atoms with van der Waals surface area (Å²) in [6.07, 6.45) is 1.51. The van der Waals surface area contributed by atoms with Gasteiger partial charge in [0.25, 0.3) is 11.5 Å². The number of hydrazone groups is 1. The normalized spacial score (nSPS) is 10.8. The minimum Gasteiger partial charge on any atom is -0.301 e. The zero-order valence-corrected chi connectivity index (χ0v) is 14.1. The van der Waals surface area contributed by atoms with E-state index in [1.54, 1.807) is 0 Å². The number of benzene rings is 1. The second kappa shape index (κ2) is 7.90. The zero-order chi connectivity index (χ0) is 15.9. The molecule has 0 saturated carbocycles. The fourth-order valence-corrected chi connectivity index (χ4v) is 2.59. The van der Waals surface area contributed by atoms with Crippen LogP contribution in [0.3, 0.4) is 0 Å². The van der Waals surface area contributed by atoms with E-state index in [0.717, 1.165) is 21.9 Å². The van der Waals surface area contributed by atoms with Gasteiger partial charge in [-0.15, -0.1) is 0 Å². The van der Waals surface area contributed by atoms with Crippen molar-refractivity contribution in [2.24, 2.45) is 5.10 Å². The Bertz CT molecular complexity index is 761. The summed E-state index contributed by atoms with van der Waals surface area (Å²) in [5, 5.41) is 4.27. The van der Waals surface area contributed by atoms with Crippen molar-refractivity contribution in [1.29, 1.82) is 0 Å². The lowest BCUT2D eigenvalue weighted by atomic mass is 10.2. The highest BCUT2D eigenvalue weighted by molar-refractivity contribution is 9.10. The number of rotatable bonds is 5. The number of hydrogen-bond acceptors (Lipinski definition) is 5. The van der Waals surface area contributed by atoms with E-state index in [4.69, 9.17) is 0 Å². The minimum absolute atomic E-state index is 0.0334. The molecule has 0 aliphatic rings. The predicted molar refractivity (Wildman–Crippen MR) is 90.5 cm³/mol. The Kier molecular flexibility index (Phi) is 5.91. The predicted octanol–water partition coefficient (Wildman–Crippen LogP) is 2.41. The first-order valence-corrected chi connectivity index (χ1v) is 8.19. The first-order valence-electron chi connectivity index (χ1n) is 6.41. The average molecular weight is 381 g/mol. The third-order valence-corrected chi connectivity index (χ3v) is 3.71. The number of amides is 1. The van der Waals surface area contributed by atoms with E-state index in [1.807, 2.05) is 31.2 Å². The zero-order valence-electron chi connectivity index (χ0n) is 11.7. The van der Waals surface area contributed by atoms with Crippen LogP contribution in [0.5, 0.6) is 0 Å². The van der Waals surface area contributed by atoms with E-state index in [0.29, 0.717) is 5.16 Å². The largest absolute Gasteiger partial charge is 0.301 e. The van der Waals surface area contributed by atoms with Crippen molar-refractivity contribution < 1.29 is 4.79 Å². The molecule has 114 valence electrons. The number of halogens is 1. The lowest BCUT2D eigenvalue weighted by molar-refractivity contribution is 0.0949. The second-order valence-corrected chi connectivity index (χ2v) is 6.29. The number of carbonyl (C=O) groups excluding carboxylic acids is 1. The van der Waals surface area contributed by atoms with Gasteiger partial charge in [0, 0.05) is 10.5 Å². The van der Waals surface area contributed by atoms with Crippen LogP contribution in [0.1, 0.15) is 23.0 Å². The molecule has 8 heteroatoms. The number of aromatic nitrogens is 2. The van der Waals surface area contributed by atoms with Crippen LogP contribution in [-0.2, 0) is 0 Å². The van der Waals surface area contributed by atoms with Gasteiger partial charge < -0.3 is 4.98 Å². The van der Waals surface area contributed by atoms with Crippen LogP contribution in [0.4, 0.5) is 0 Å². The van der Waals surface area contributed by atoms with E-state index in [-0.39, 0.29) is 11.3 Å². The van der Waals surface area contributed by atoms with Gasteiger partial charge in [-0.1, -0.05) is 46.7 Å². The van der Waals surface area contributed by atoms with Crippen LogP contribution in [0.15, 0.2) is 49.9 Å². The lowest BCUT2D eigenvalue weighted by Gasteiger charge is -2.01. The highest BCUT2D eigenvalue weighted by Gasteiger charge is 2.09. The fraction of sp³-hybridized carbons (Fsp3) is 0.143. The van der Waals surface area contributed by atoms with Gasteiger partial charge in [-0.05, 0) is 23.4 Å². The molecule has 0 saturated heterocycles. The molecular formula is C14H13BrN4O2S. The van der Waals surface area contributed by atoms with Gasteiger partial charge in [-0.2, -0.15) is 5.10 Å². The van der Waals surface area contributed by atoms with Gasteiger partial charge in [-0.25, -0.2) is 10.4 Å². The number of thioether (sulfide) groups is 1. The number of H-pyrrole nitrogens is 1. The maximum Gasteiger partial charge on any atom is 0.290 e. The van der Waals surface area contributed by atoms with Crippen molar-refractivity contribution in [2.45, 2.75) is 12.1 Å². The molecule has 1 aromatic heterocycles. The molecule has 6 nitrogen and oxygen atoms in total. The summed E-state index contributed by atoms with van der Waals surface area (Å²) in [6, 6.07) is 8.60. The Morgan fingerprint density at radius 2 is 2.32 bits per heavy atom. The van der Waals surface area contributed by atoms with Crippen LogP contribution in [0.2, 0.25) is 0 Å². The van der Waals surface area contributed by atoms with Gasteiger partial charge >= 0.3 is 0 Å². The topological polar surface area (TPSA) is 87.2 Å². The van der Waals surface area contributed by atoms with E-state index in [9.17, 15) is 9.59 Å². The summed E-state index contributed by atoms with van der Waals surface area (Å²) in [7, 11) is 0. The summed E-state index contributed by atoms with van der Waals surface area (Å²) < 4.78 is 0.917. The van der Waals surface area contributed by atoms with Crippen LogP contribution in [0.25, 0.3) is 0 Å². The van der Waals surface area contributed by atoms with Gasteiger partial charge in [0.15, 0.2) is 5.16 Å². The lowest BCUT2D eigenvalue weighted by Crippen LogP contribution is -2.22. The van der Waals surface area contributed by atoms with E-state index >= 15 is 0 Å². The number of hydrogen-bond donors (Lipinski definition) is 2. The van der Waals surface area contributed by atoms with Crippen LogP contribution >= 0.6 is 27.7 Å². The van der Waals surface area contributed by atoms with E-state index < -0.39 is 5.91 Å². The van der Waals surface area contributed by atoms with E-state index in [1.165, 1.54) is 18.0 Å². The van der Waals surface area contributed by atoms with E-state index in [2.05, 4.69) is 36.4 Å². The third-order valence-electron chi connectivity index (χ3n) is 2.46. The first-order chi connectivity index (χ1) is 10.6. The fourth-order valence-electron chi connectivity index (χ4n) is 1.57. The molecule has 0 fully saturated rings.